The van der Waals surface area contributed by atoms with E-state index in [0.29, 0.717) is 11.3 Å². The lowest BCUT2D eigenvalue weighted by atomic mass is 10.0. The van der Waals surface area contributed by atoms with Gasteiger partial charge in [-0.3, -0.25) is 14.1 Å². The first-order valence-corrected chi connectivity index (χ1v) is 12.0. The van der Waals surface area contributed by atoms with Crippen LogP contribution in [-0.2, 0) is 11.4 Å². The first-order chi connectivity index (χ1) is 18.9. The molecule has 224 valence electrons. The zero-order chi connectivity index (χ0) is 31.3. The van der Waals surface area contributed by atoms with Crippen molar-refractivity contribution in [1.29, 1.82) is 0 Å². The molecule has 0 spiro atoms. The molecule has 3 aromatic rings. The first-order valence-electron chi connectivity index (χ1n) is 12.0. The van der Waals surface area contributed by atoms with E-state index >= 15 is 0 Å². The van der Waals surface area contributed by atoms with Gasteiger partial charge in [-0.1, -0.05) is 6.07 Å². The number of aromatic nitrogens is 2. The number of aliphatic carboxylic acids is 1. The molecule has 15 heteroatoms. The number of benzene rings is 1. The van der Waals surface area contributed by atoms with E-state index in [-0.39, 0.29) is 30.2 Å². The van der Waals surface area contributed by atoms with Crippen LogP contribution in [0.1, 0.15) is 49.4 Å². The number of carbonyl (C=O) groups is 3. The molecule has 2 aromatic heterocycles. The third-order valence-corrected chi connectivity index (χ3v) is 5.61. The van der Waals surface area contributed by atoms with Crippen molar-refractivity contribution in [2.75, 3.05) is 6.54 Å². The molecule has 0 saturated heterocycles. The molecule has 0 aliphatic carbocycles. The maximum atomic E-state index is 13.9. The van der Waals surface area contributed by atoms with Gasteiger partial charge in [-0.25, -0.2) is 23.4 Å². The molecule has 0 bridgehead atoms. The van der Waals surface area contributed by atoms with Crippen LogP contribution >= 0.6 is 0 Å². The second kappa shape index (κ2) is 12.8. The summed E-state index contributed by atoms with van der Waals surface area (Å²) in [5, 5.41) is 19.4. The van der Waals surface area contributed by atoms with Gasteiger partial charge in [-0.2, -0.15) is 13.2 Å². The molecule has 2 amide bonds. The number of pyridine rings is 1. The van der Waals surface area contributed by atoms with Crippen molar-refractivity contribution >= 4 is 23.6 Å². The smallest absolute Gasteiger partial charge is 0.485 e. The van der Waals surface area contributed by atoms with Crippen LogP contribution in [0.4, 0.5) is 26.7 Å². The lowest BCUT2D eigenvalue weighted by Gasteiger charge is -2.38. The number of halogens is 5. The van der Waals surface area contributed by atoms with Crippen LogP contribution in [0.15, 0.2) is 36.5 Å². The number of nitrogens with zero attached hydrogens (tertiary/aromatic N) is 3. The molecule has 3 N–H and O–H groups in total. The number of nitrogens with one attached hydrogen (secondary N) is 1. The van der Waals surface area contributed by atoms with Crippen molar-refractivity contribution < 1.29 is 51.3 Å². The average Bonchev–Trinajstić information content (AvgIpc) is 3.17. The summed E-state index contributed by atoms with van der Waals surface area (Å²) < 4.78 is 66.8. The second-order valence-corrected chi connectivity index (χ2v) is 9.79. The highest BCUT2D eigenvalue weighted by atomic mass is 19.4. The minimum atomic E-state index is -5.08. The Morgan fingerprint density at radius 3 is 2.12 bits per heavy atom. The number of carbonyl (C=O) groups excluding carboxylic acids is 1. The zero-order valence-electron chi connectivity index (χ0n) is 22.7. The summed E-state index contributed by atoms with van der Waals surface area (Å²) in [5.41, 5.74) is 0.143. The maximum absolute atomic E-state index is 13.9. The van der Waals surface area contributed by atoms with Crippen LogP contribution in [0.5, 0.6) is 5.75 Å². The number of fused-ring (bicyclic) bond motifs is 1. The molecule has 41 heavy (non-hydrogen) atoms. The average molecular weight is 589 g/mol. The predicted octanol–water partition coefficient (Wildman–Crippen LogP) is 5.03. The fourth-order valence-electron chi connectivity index (χ4n) is 3.91. The Balaban J connectivity index is 0.000000745. The number of amides is 2. The molecule has 1 atom stereocenters. The van der Waals surface area contributed by atoms with E-state index in [0.717, 1.165) is 12.1 Å². The molecular formula is C26H29F5N4O6. The summed E-state index contributed by atoms with van der Waals surface area (Å²) in [6.07, 6.45) is -4.53. The van der Waals surface area contributed by atoms with Crippen molar-refractivity contribution in [3.05, 3.63) is 65.1 Å². The fourth-order valence-corrected chi connectivity index (χ4v) is 3.91. The summed E-state index contributed by atoms with van der Waals surface area (Å²) in [5.74, 6) is -4.37. The highest BCUT2D eigenvalue weighted by Crippen LogP contribution is 2.24. The number of rotatable bonds is 7. The Bertz CT molecular complexity index is 1400. The summed E-state index contributed by atoms with van der Waals surface area (Å²) in [4.78, 5) is 39.2. The second-order valence-electron chi connectivity index (χ2n) is 9.79. The summed E-state index contributed by atoms with van der Waals surface area (Å²) in [7, 11) is 0. The van der Waals surface area contributed by atoms with Crippen molar-refractivity contribution in [3.8, 4) is 5.75 Å². The number of carboxylic acids is 1. The molecule has 2 heterocycles. The maximum Gasteiger partial charge on any atom is 0.490 e. The summed E-state index contributed by atoms with van der Waals surface area (Å²) in [6, 6.07) is 6.32. The lowest BCUT2D eigenvalue weighted by molar-refractivity contribution is -0.192. The minimum Gasteiger partial charge on any atom is -0.485 e. The molecule has 3 rings (SSSR count). The van der Waals surface area contributed by atoms with Crippen LogP contribution in [-0.4, -0.2) is 66.8 Å². The molecule has 0 saturated carbocycles. The van der Waals surface area contributed by atoms with Gasteiger partial charge in [0.25, 0.3) is 5.91 Å². The first kappa shape index (κ1) is 32.8. The third-order valence-electron chi connectivity index (χ3n) is 5.61. The van der Waals surface area contributed by atoms with E-state index in [1.807, 2.05) is 0 Å². The van der Waals surface area contributed by atoms with Gasteiger partial charge < -0.3 is 20.3 Å². The van der Waals surface area contributed by atoms with Gasteiger partial charge in [0.05, 0.1) is 17.3 Å². The molecule has 10 nitrogen and oxygen atoms in total. The SMILES string of the molecule is Cc1nc2c(OCc3c(F)cccc3F)cccn2c1C(=O)NCC(C)N(C(=O)O)C(C)(C)C.O=C(O)C(F)(F)F. The number of hydrogen-bond donors (Lipinski definition) is 3. The standard InChI is InChI=1S/C24H28F2N4O4.C2HF3O2/c1-14(30(23(32)33)24(3,4)5)12-27-22(31)20-15(2)28-21-19(10-7-11-29(20)21)34-13-16-17(25)8-6-9-18(16)26;3-2(4,5)1(6)7/h6-11,14H,12-13H2,1-5H3,(H,27,31)(H,32,33);(H,6,7). The molecule has 1 aromatic carbocycles. The lowest BCUT2D eigenvalue weighted by Crippen LogP contribution is -2.53. The van der Waals surface area contributed by atoms with Gasteiger partial charge in [0.15, 0.2) is 11.4 Å². The van der Waals surface area contributed by atoms with Crippen molar-refractivity contribution in [2.45, 2.75) is 59.0 Å². The monoisotopic (exact) mass is 588 g/mol. The van der Waals surface area contributed by atoms with Gasteiger partial charge in [-0.15, -0.1) is 0 Å². The third kappa shape index (κ3) is 8.28. The number of carboxylic acid groups (broad SMARTS) is 2. The minimum absolute atomic E-state index is 0.0951. The topological polar surface area (TPSA) is 133 Å². The molecule has 0 aliphatic heterocycles. The van der Waals surface area contributed by atoms with E-state index in [1.165, 1.54) is 15.4 Å². The summed E-state index contributed by atoms with van der Waals surface area (Å²) >= 11 is 0. The Hall–Kier alpha value is -4.43. The predicted molar refractivity (Wildman–Crippen MR) is 136 cm³/mol. The normalized spacial score (nSPS) is 12.2. The molecule has 0 aliphatic rings. The van der Waals surface area contributed by atoms with E-state index in [2.05, 4.69) is 10.3 Å². The fraction of sp³-hybridized carbons (Fsp3) is 0.385. The number of ether oxygens (including phenoxy) is 1. The Morgan fingerprint density at radius 2 is 1.63 bits per heavy atom. The summed E-state index contributed by atoms with van der Waals surface area (Å²) in [6.45, 7) is 8.46. The van der Waals surface area contributed by atoms with E-state index in [4.69, 9.17) is 14.6 Å². The van der Waals surface area contributed by atoms with Gasteiger partial charge in [-0.05, 0) is 58.9 Å². The highest BCUT2D eigenvalue weighted by molar-refractivity contribution is 5.95. The van der Waals surface area contributed by atoms with E-state index in [9.17, 15) is 36.6 Å². The molecule has 0 radical (unpaired) electrons. The van der Waals surface area contributed by atoms with Gasteiger partial charge >= 0.3 is 18.2 Å². The number of imidazole rings is 1. The number of aryl methyl sites for hydroxylation is 1. The van der Waals surface area contributed by atoms with Crippen molar-refractivity contribution in [2.24, 2.45) is 0 Å². The van der Waals surface area contributed by atoms with Crippen LogP contribution in [0.3, 0.4) is 0 Å². The van der Waals surface area contributed by atoms with E-state index in [1.54, 1.807) is 52.9 Å². The largest absolute Gasteiger partial charge is 0.490 e. The van der Waals surface area contributed by atoms with Crippen LogP contribution < -0.4 is 10.1 Å². The highest BCUT2D eigenvalue weighted by Gasteiger charge is 2.38. The molecule has 0 fully saturated rings. The quantitative estimate of drug-likeness (QED) is 0.330. The van der Waals surface area contributed by atoms with Gasteiger partial charge in [0.2, 0.25) is 0 Å². The number of hydrogen-bond acceptors (Lipinski definition) is 5. The van der Waals surface area contributed by atoms with Crippen LogP contribution in [0.2, 0.25) is 0 Å². The number of alkyl halides is 3. The van der Waals surface area contributed by atoms with E-state index < -0.39 is 47.4 Å². The van der Waals surface area contributed by atoms with Crippen LogP contribution in [0, 0.1) is 18.6 Å². The Kier molecular flexibility index (Phi) is 10.3. The van der Waals surface area contributed by atoms with Crippen molar-refractivity contribution in [1.82, 2.24) is 19.6 Å². The molecular weight excluding hydrogens is 559 g/mol. The van der Waals surface area contributed by atoms with Crippen molar-refractivity contribution in [3.63, 3.8) is 0 Å². The van der Waals surface area contributed by atoms with Gasteiger partial charge in [0, 0.05) is 18.3 Å². The zero-order valence-corrected chi connectivity index (χ0v) is 22.7. The Labute approximate surface area is 231 Å². The molecule has 1 unspecified atom stereocenters. The Morgan fingerprint density at radius 1 is 1.07 bits per heavy atom. The van der Waals surface area contributed by atoms with Crippen LogP contribution in [0.25, 0.3) is 5.65 Å². The van der Waals surface area contributed by atoms with Gasteiger partial charge in [0.1, 0.15) is 23.9 Å².